The molecule has 1 aromatic carbocycles. The third-order valence-electron chi connectivity index (χ3n) is 3.24. The van der Waals surface area contributed by atoms with Crippen molar-refractivity contribution in [3.05, 3.63) is 46.9 Å². The normalized spacial score (nSPS) is 13.6. The van der Waals surface area contributed by atoms with E-state index < -0.39 is 44.4 Å². The highest BCUT2D eigenvalue weighted by Gasteiger charge is 2.49. The summed E-state index contributed by atoms with van der Waals surface area (Å²) >= 11 is 0.480. The molecule has 0 bridgehead atoms. The third-order valence-corrected chi connectivity index (χ3v) is 6.52. The average molecular weight is 393 g/mol. The Morgan fingerprint density at radius 2 is 1.92 bits per heavy atom. The van der Waals surface area contributed by atoms with Gasteiger partial charge in [-0.05, 0) is 17.7 Å². The van der Waals surface area contributed by atoms with E-state index >= 15 is 0 Å². The minimum absolute atomic E-state index is 0.181. The van der Waals surface area contributed by atoms with Crippen LogP contribution in [0.5, 0.6) is 0 Å². The molecular weight excluding hydrogens is 382 g/mol. The molecule has 2 rings (SSSR count). The zero-order valence-corrected chi connectivity index (χ0v) is 14.3. The fraction of sp³-hybridized carbons (Fsp3) is 0.286. The van der Waals surface area contributed by atoms with Crippen molar-refractivity contribution in [1.82, 2.24) is 9.29 Å². The van der Waals surface area contributed by atoms with Crippen LogP contribution in [0.4, 0.5) is 17.6 Å². The fourth-order valence-electron chi connectivity index (χ4n) is 2.20. The lowest BCUT2D eigenvalue weighted by molar-refractivity contribution is -0.173. The van der Waals surface area contributed by atoms with Gasteiger partial charge < -0.3 is 0 Å². The van der Waals surface area contributed by atoms with Crippen LogP contribution in [0, 0.1) is 17.1 Å². The fourth-order valence-corrected chi connectivity index (χ4v) is 4.87. The van der Waals surface area contributed by atoms with Crippen LogP contribution in [0.25, 0.3) is 0 Å². The predicted molar refractivity (Wildman–Crippen MR) is 81.6 cm³/mol. The zero-order valence-electron chi connectivity index (χ0n) is 12.7. The van der Waals surface area contributed by atoms with E-state index in [-0.39, 0.29) is 9.31 Å². The van der Waals surface area contributed by atoms with Gasteiger partial charge in [-0.25, -0.2) is 17.8 Å². The summed E-state index contributed by atoms with van der Waals surface area (Å²) in [6, 6.07) is 2.58. The minimum atomic E-state index is -4.93. The van der Waals surface area contributed by atoms with Crippen LogP contribution in [-0.4, -0.2) is 30.4 Å². The van der Waals surface area contributed by atoms with Gasteiger partial charge in [0, 0.05) is 6.54 Å². The second-order valence-electron chi connectivity index (χ2n) is 4.80. The standard InChI is InChI=1S/C14H11F4N3O2S2/c1-2-21(25(22,23)12-8-20-11(7-19)24-12)13(14(16,17)18)9-3-5-10(15)6-4-9/h3-6,8,13H,2H2,1H3/t13-/m0/s1. The molecule has 2 aromatic rings. The number of benzene rings is 1. The Morgan fingerprint density at radius 3 is 2.36 bits per heavy atom. The van der Waals surface area contributed by atoms with Crippen molar-refractivity contribution in [3.63, 3.8) is 0 Å². The second kappa shape index (κ2) is 7.07. The molecule has 0 saturated carbocycles. The number of hydrogen-bond donors (Lipinski definition) is 0. The lowest BCUT2D eigenvalue weighted by Gasteiger charge is -2.31. The summed E-state index contributed by atoms with van der Waals surface area (Å²) in [7, 11) is -4.56. The summed E-state index contributed by atoms with van der Waals surface area (Å²) < 4.78 is 78.9. The van der Waals surface area contributed by atoms with Crippen LogP contribution in [-0.2, 0) is 10.0 Å². The summed E-state index contributed by atoms with van der Waals surface area (Å²) in [6.45, 7) is 0.774. The number of nitriles is 1. The number of rotatable bonds is 5. The van der Waals surface area contributed by atoms with Crippen molar-refractivity contribution in [1.29, 1.82) is 5.26 Å². The van der Waals surface area contributed by atoms with Crippen molar-refractivity contribution in [2.75, 3.05) is 6.54 Å². The maximum absolute atomic E-state index is 13.6. The summed E-state index contributed by atoms with van der Waals surface area (Å²) in [5.74, 6) is -0.739. The van der Waals surface area contributed by atoms with E-state index in [1.807, 2.05) is 0 Å². The monoisotopic (exact) mass is 393 g/mol. The van der Waals surface area contributed by atoms with Crippen molar-refractivity contribution >= 4 is 21.4 Å². The topological polar surface area (TPSA) is 74.1 Å². The molecule has 0 aliphatic heterocycles. The van der Waals surface area contributed by atoms with Crippen molar-refractivity contribution in [2.45, 2.75) is 23.4 Å². The molecule has 0 unspecified atom stereocenters. The first-order valence-electron chi connectivity index (χ1n) is 6.81. The van der Waals surface area contributed by atoms with Gasteiger partial charge in [-0.15, -0.1) is 0 Å². The SMILES string of the molecule is CCN([C@@H](c1ccc(F)cc1)C(F)(F)F)S(=O)(=O)c1cnc(C#N)s1. The van der Waals surface area contributed by atoms with Gasteiger partial charge in [0.1, 0.15) is 17.9 Å². The van der Waals surface area contributed by atoms with Crippen molar-refractivity contribution < 1.29 is 26.0 Å². The quantitative estimate of drug-likeness (QED) is 0.729. The molecule has 1 aromatic heterocycles. The first kappa shape index (κ1) is 19.3. The van der Waals surface area contributed by atoms with Crippen LogP contribution in [0.2, 0.25) is 0 Å². The Bertz CT molecular complexity index is 886. The van der Waals surface area contributed by atoms with E-state index in [9.17, 15) is 26.0 Å². The highest BCUT2D eigenvalue weighted by atomic mass is 32.2. The Hall–Kier alpha value is -2.03. The second-order valence-corrected chi connectivity index (χ2v) is 7.95. The molecule has 11 heteroatoms. The van der Waals surface area contributed by atoms with Gasteiger partial charge >= 0.3 is 6.18 Å². The lowest BCUT2D eigenvalue weighted by Crippen LogP contribution is -2.42. The van der Waals surface area contributed by atoms with Crippen LogP contribution in [0.1, 0.15) is 23.5 Å². The molecule has 0 aliphatic rings. The smallest absolute Gasteiger partial charge is 0.233 e. The van der Waals surface area contributed by atoms with Crippen LogP contribution < -0.4 is 0 Å². The maximum atomic E-state index is 13.6. The Morgan fingerprint density at radius 1 is 1.32 bits per heavy atom. The van der Waals surface area contributed by atoms with E-state index in [1.54, 1.807) is 6.07 Å². The molecule has 1 heterocycles. The average Bonchev–Trinajstić information content (AvgIpc) is 3.02. The molecule has 0 saturated heterocycles. The number of aromatic nitrogens is 1. The van der Waals surface area contributed by atoms with Gasteiger partial charge in [0.2, 0.25) is 0 Å². The number of sulfonamides is 1. The molecule has 0 N–H and O–H groups in total. The van der Waals surface area contributed by atoms with Crippen LogP contribution in [0.3, 0.4) is 0 Å². The van der Waals surface area contributed by atoms with Crippen LogP contribution in [0.15, 0.2) is 34.7 Å². The largest absolute Gasteiger partial charge is 0.409 e. The molecule has 1 atom stereocenters. The first-order chi connectivity index (χ1) is 11.6. The van der Waals surface area contributed by atoms with Gasteiger partial charge in [0.15, 0.2) is 9.22 Å². The molecule has 0 aliphatic carbocycles. The van der Waals surface area contributed by atoms with E-state index in [2.05, 4.69) is 4.98 Å². The number of halogens is 4. The molecule has 0 radical (unpaired) electrons. The van der Waals surface area contributed by atoms with Gasteiger partial charge in [-0.2, -0.15) is 22.7 Å². The molecule has 134 valence electrons. The number of alkyl halides is 3. The molecule has 0 fully saturated rings. The highest BCUT2D eigenvalue weighted by Crippen LogP contribution is 2.41. The summed E-state index contributed by atoms with van der Waals surface area (Å²) in [6.07, 6.45) is -4.08. The highest BCUT2D eigenvalue weighted by molar-refractivity contribution is 7.91. The Kier molecular flexibility index (Phi) is 5.46. The van der Waals surface area contributed by atoms with Crippen molar-refractivity contribution in [3.8, 4) is 6.07 Å². The molecule has 25 heavy (non-hydrogen) atoms. The molecular formula is C14H11F4N3O2S2. The maximum Gasteiger partial charge on any atom is 0.409 e. The first-order valence-corrected chi connectivity index (χ1v) is 9.07. The van der Waals surface area contributed by atoms with E-state index in [0.29, 0.717) is 11.3 Å². The van der Waals surface area contributed by atoms with Gasteiger partial charge in [-0.3, -0.25) is 0 Å². The summed E-state index contributed by atoms with van der Waals surface area (Å²) in [5.41, 5.74) is -0.413. The third kappa shape index (κ3) is 3.97. The van der Waals surface area contributed by atoms with Gasteiger partial charge in [0.25, 0.3) is 10.0 Å². The number of thiazole rings is 1. The number of hydrogen-bond acceptors (Lipinski definition) is 5. The van der Waals surface area contributed by atoms with E-state index in [4.69, 9.17) is 5.26 Å². The summed E-state index contributed by atoms with van der Waals surface area (Å²) in [5, 5.41) is 8.55. The minimum Gasteiger partial charge on any atom is -0.233 e. The Labute approximate surface area is 145 Å². The molecule has 5 nitrogen and oxygen atoms in total. The van der Waals surface area contributed by atoms with E-state index in [0.717, 1.165) is 30.5 Å². The Balaban J connectivity index is 2.57. The van der Waals surface area contributed by atoms with Crippen molar-refractivity contribution in [2.24, 2.45) is 0 Å². The number of nitrogens with zero attached hydrogens (tertiary/aromatic N) is 3. The van der Waals surface area contributed by atoms with Crippen LogP contribution >= 0.6 is 11.3 Å². The predicted octanol–water partition coefficient (Wildman–Crippen LogP) is 3.47. The summed E-state index contributed by atoms with van der Waals surface area (Å²) in [4.78, 5) is 3.54. The van der Waals surface area contributed by atoms with Gasteiger partial charge in [0.05, 0.1) is 6.20 Å². The zero-order chi connectivity index (χ0) is 18.8. The molecule has 0 spiro atoms. The molecule has 0 amide bonds. The van der Waals surface area contributed by atoms with E-state index in [1.165, 1.54) is 6.92 Å². The lowest BCUT2D eigenvalue weighted by atomic mass is 10.1. The van der Waals surface area contributed by atoms with Gasteiger partial charge in [-0.1, -0.05) is 30.4 Å².